The van der Waals surface area contributed by atoms with Crippen molar-refractivity contribution in [3.8, 4) is 11.5 Å². The maximum atomic E-state index is 4.71. The summed E-state index contributed by atoms with van der Waals surface area (Å²) < 4.78 is 0. The van der Waals surface area contributed by atoms with E-state index in [4.69, 9.17) is 4.98 Å². The highest BCUT2D eigenvalue weighted by Crippen LogP contribution is 2.33. The van der Waals surface area contributed by atoms with Crippen LogP contribution in [-0.2, 0) is 6.54 Å². The summed E-state index contributed by atoms with van der Waals surface area (Å²) in [6.45, 7) is 4.07. The molecule has 4 heterocycles. The molecule has 3 aromatic heterocycles. The number of rotatable bonds is 4. The predicted octanol–water partition coefficient (Wildman–Crippen LogP) is 3.57. The SMILES string of the molecule is Cc1nc(-c2ncc[nH]2)cc(C2CCCN2Cc2ccsc2)n1. The van der Waals surface area contributed by atoms with E-state index in [-0.39, 0.29) is 0 Å². The zero-order chi connectivity index (χ0) is 15.6. The fourth-order valence-electron chi connectivity index (χ4n) is 3.26. The van der Waals surface area contributed by atoms with Gasteiger partial charge in [0.25, 0.3) is 0 Å². The molecule has 23 heavy (non-hydrogen) atoms. The van der Waals surface area contributed by atoms with Crippen LogP contribution in [0.4, 0.5) is 0 Å². The predicted molar refractivity (Wildman–Crippen MR) is 91.1 cm³/mol. The number of aryl methyl sites for hydroxylation is 1. The molecule has 0 saturated carbocycles. The average Bonchev–Trinajstić information content (AvgIpc) is 3.30. The minimum Gasteiger partial charge on any atom is -0.343 e. The van der Waals surface area contributed by atoms with E-state index >= 15 is 0 Å². The lowest BCUT2D eigenvalue weighted by atomic mass is 10.1. The summed E-state index contributed by atoms with van der Waals surface area (Å²) in [4.78, 5) is 19.2. The molecule has 118 valence electrons. The van der Waals surface area contributed by atoms with Crippen molar-refractivity contribution < 1.29 is 0 Å². The average molecular weight is 325 g/mol. The molecule has 0 bridgehead atoms. The molecular weight excluding hydrogens is 306 g/mol. The van der Waals surface area contributed by atoms with E-state index in [1.54, 1.807) is 17.5 Å². The van der Waals surface area contributed by atoms with E-state index in [1.165, 1.54) is 12.0 Å². The maximum Gasteiger partial charge on any atom is 0.156 e. The van der Waals surface area contributed by atoms with Crippen LogP contribution in [0.5, 0.6) is 0 Å². The molecule has 1 fully saturated rings. The summed E-state index contributed by atoms with van der Waals surface area (Å²) in [5, 5.41) is 4.37. The fourth-order valence-corrected chi connectivity index (χ4v) is 3.92. The second-order valence-electron chi connectivity index (χ2n) is 5.92. The van der Waals surface area contributed by atoms with Crippen LogP contribution < -0.4 is 0 Å². The van der Waals surface area contributed by atoms with Crippen molar-refractivity contribution in [1.29, 1.82) is 0 Å². The number of hydrogen-bond acceptors (Lipinski definition) is 5. The summed E-state index contributed by atoms with van der Waals surface area (Å²) >= 11 is 1.76. The molecule has 6 heteroatoms. The first-order chi connectivity index (χ1) is 11.3. The van der Waals surface area contributed by atoms with E-state index in [9.17, 15) is 0 Å². The van der Waals surface area contributed by atoms with Gasteiger partial charge >= 0.3 is 0 Å². The number of imidazole rings is 1. The van der Waals surface area contributed by atoms with Crippen molar-refractivity contribution in [1.82, 2.24) is 24.8 Å². The van der Waals surface area contributed by atoms with Crippen molar-refractivity contribution in [2.24, 2.45) is 0 Å². The third kappa shape index (κ3) is 3.04. The largest absolute Gasteiger partial charge is 0.343 e. The normalized spacial score (nSPS) is 18.6. The molecular formula is C17H19N5S. The molecule has 0 spiro atoms. The summed E-state index contributed by atoms with van der Waals surface area (Å²) in [6.07, 6.45) is 5.95. The Morgan fingerprint density at radius 1 is 1.39 bits per heavy atom. The zero-order valence-electron chi connectivity index (χ0n) is 13.1. The van der Waals surface area contributed by atoms with Crippen molar-refractivity contribution in [3.63, 3.8) is 0 Å². The summed E-state index contributed by atoms with van der Waals surface area (Å²) in [5.41, 5.74) is 3.37. The van der Waals surface area contributed by atoms with Crippen molar-refractivity contribution >= 4 is 11.3 Å². The number of aromatic nitrogens is 4. The molecule has 3 aromatic rings. The Labute approximate surface area is 139 Å². The number of nitrogens with one attached hydrogen (secondary N) is 1. The number of likely N-dealkylation sites (tertiary alicyclic amines) is 1. The fraction of sp³-hybridized carbons (Fsp3) is 0.353. The van der Waals surface area contributed by atoms with Gasteiger partial charge < -0.3 is 4.98 Å². The molecule has 1 unspecified atom stereocenters. The second-order valence-corrected chi connectivity index (χ2v) is 6.70. The first-order valence-electron chi connectivity index (χ1n) is 7.90. The lowest BCUT2D eigenvalue weighted by Crippen LogP contribution is -2.23. The molecule has 1 saturated heterocycles. The minimum atomic E-state index is 0.366. The smallest absolute Gasteiger partial charge is 0.156 e. The molecule has 1 N–H and O–H groups in total. The van der Waals surface area contributed by atoms with Gasteiger partial charge in [0.1, 0.15) is 11.5 Å². The van der Waals surface area contributed by atoms with Crippen LogP contribution in [0.1, 0.15) is 36.0 Å². The van der Waals surface area contributed by atoms with Gasteiger partial charge in [-0.3, -0.25) is 4.90 Å². The van der Waals surface area contributed by atoms with Crippen LogP contribution in [-0.4, -0.2) is 31.4 Å². The molecule has 0 aliphatic carbocycles. The van der Waals surface area contributed by atoms with E-state index in [0.717, 1.165) is 42.5 Å². The molecule has 5 nitrogen and oxygen atoms in total. The van der Waals surface area contributed by atoms with Crippen molar-refractivity contribution in [2.75, 3.05) is 6.54 Å². The molecule has 1 atom stereocenters. The molecule has 1 aliphatic rings. The lowest BCUT2D eigenvalue weighted by Gasteiger charge is -2.24. The van der Waals surface area contributed by atoms with Gasteiger partial charge in [0.2, 0.25) is 0 Å². The van der Waals surface area contributed by atoms with E-state index in [2.05, 4.69) is 42.7 Å². The van der Waals surface area contributed by atoms with Gasteiger partial charge in [-0.25, -0.2) is 15.0 Å². The minimum absolute atomic E-state index is 0.366. The molecule has 0 amide bonds. The van der Waals surface area contributed by atoms with Gasteiger partial charge in [-0.15, -0.1) is 0 Å². The van der Waals surface area contributed by atoms with Crippen LogP contribution >= 0.6 is 11.3 Å². The molecule has 4 rings (SSSR count). The van der Waals surface area contributed by atoms with Crippen LogP contribution in [0.25, 0.3) is 11.5 Å². The number of aromatic amines is 1. The van der Waals surface area contributed by atoms with Crippen LogP contribution in [0.2, 0.25) is 0 Å². The van der Waals surface area contributed by atoms with Gasteiger partial charge in [-0.05, 0) is 54.8 Å². The van der Waals surface area contributed by atoms with E-state index < -0.39 is 0 Å². The van der Waals surface area contributed by atoms with Crippen LogP contribution in [0, 0.1) is 6.92 Å². The standard InChI is InChI=1S/C17H19N5S/c1-12-20-14(9-15(21-12)17-18-5-6-19-17)16-3-2-7-22(16)10-13-4-8-23-11-13/h4-6,8-9,11,16H,2-3,7,10H2,1H3,(H,18,19). The first-order valence-corrected chi connectivity index (χ1v) is 8.84. The number of nitrogens with zero attached hydrogens (tertiary/aromatic N) is 4. The van der Waals surface area contributed by atoms with Crippen LogP contribution in [0.15, 0.2) is 35.3 Å². The lowest BCUT2D eigenvalue weighted by molar-refractivity contribution is 0.244. The highest BCUT2D eigenvalue weighted by Gasteiger charge is 2.28. The van der Waals surface area contributed by atoms with E-state index in [1.807, 2.05) is 13.1 Å². The molecule has 0 aromatic carbocycles. The Bertz CT molecular complexity index is 766. The monoisotopic (exact) mass is 325 g/mol. The Morgan fingerprint density at radius 2 is 2.35 bits per heavy atom. The summed E-state index contributed by atoms with van der Waals surface area (Å²) in [6, 6.07) is 4.66. The number of thiophene rings is 1. The third-order valence-corrected chi connectivity index (χ3v) is 5.00. The van der Waals surface area contributed by atoms with Crippen LogP contribution in [0.3, 0.4) is 0 Å². The maximum absolute atomic E-state index is 4.71. The molecule has 0 radical (unpaired) electrons. The third-order valence-electron chi connectivity index (χ3n) is 4.27. The van der Waals surface area contributed by atoms with Gasteiger partial charge in [0.15, 0.2) is 5.82 Å². The van der Waals surface area contributed by atoms with Crippen molar-refractivity contribution in [2.45, 2.75) is 32.4 Å². The van der Waals surface area contributed by atoms with Gasteiger partial charge in [-0.1, -0.05) is 0 Å². The van der Waals surface area contributed by atoms with Gasteiger partial charge in [-0.2, -0.15) is 11.3 Å². The Hall–Kier alpha value is -2.05. The number of hydrogen-bond donors (Lipinski definition) is 1. The molecule has 1 aliphatic heterocycles. The zero-order valence-corrected chi connectivity index (χ0v) is 13.9. The van der Waals surface area contributed by atoms with Gasteiger partial charge in [0, 0.05) is 18.9 Å². The number of H-pyrrole nitrogens is 1. The summed E-state index contributed by atoms with van der Waals surface area (Å²) in [5.74, 6) is 1.61. The Balaban J connectivity index is 1.63. The van der Waals surface area contributed by atoms with E-state index in [0.29, 0.717) is 6.04 Å². The topological polar surface area (TPSA) is 57.7 Å². The second kappa shape index (κ2) is 6.22. The quantitative estimate of drug-likeness (QED) is 0.796. The highest BCUT2D eigenvalue weighted by molar-refractivity contribution is 7.07. The summed E-state index contributed by atoms with van der Waals surface area (Å²) in [7, 11) is 0. The van der Waals surface area contributed by atoms with Gasteiger partial charge in [0.05, 0.1) is 11.7 Å². The first kappa shape index (κ1) is 14.5. The Kier molecular flexibility index (Phi) is 3.93. The Morgan fingerprint density at radius 3 is 3.13 bits per heavy atom. The highest BCUT2D eigenvalue weighted by atomic mass is 32.1. The van der Waals surface area contributed by atoms with Crippen molar-refractivity contribution in [3.05, 3.63) is 52.4 Å².